The maximum atomic E-state index is 12.1. The minimum atomic E-state index is -3.30. The normalized spacial score (nSPS) is 17.4. The van der Waals surface area contributed by atoms with Crippen molar-refractivity contribution in [1.82, 2.24) is 0 Å². The van der Waals surface area contributed by atoms with Gasteiger partial charge in [-0.1, -0.05) is 11.6 Å². The number of nitrogens with zero attached hydrogens (tertiary/aromatic N) is 1. The van der Waals surface area contributed by atoms with E-state index in [4.69, 9.17) is 16.9 Å². The minimum absolute atomic E-state index is 0.0647. The van der Waals surface area contributed by atoms with Crippen molar-refractivity contribution < 1.29 is 8.42 Å². The van der Waals surface area contributed by atoms with Crippen LogP contribution in [0.25, 0.3) is 0 Å². The molecule has 0 aliphatic heterocycles. The Labute approximate surface area is 106 Å². The molecule has 1 aliphatic rings. The van der Waals surface area contributed by atoms with E-state index in [0.29, 0.717) is 11.4 Å². The molecule has 0 aromatic heterocycles. The van der Waals surface area contributed by atoms with Crippen LogP contribution in [0.4, 0.5) is 0 Å². The van der Waals surface area contributed by atoms with Gasteiger partial charge in [-0.15, -0.1) is 0 Å². The molecule has 0 heterocycles. The number of nitriles is 1. The minimum Gasteiger partial charge on any atom is -0.224 e. The molecule has 90 valence electrons. The Morgan fingerprint density at radius 2 is 1.88 bits per heavy atom. The third kappa shape index (κ3) is 2.80. The van der Waals surface area contributed by atoms with Crippen molar-refractivity contribution in [2.45, 2.75) is 24.2 Å². The second-order valence-corrected chi connectivity index (χ2v) is 6.97. The molecule has 17 heavy (non-hydrogen) atoms. The SMILES string of the molecule is N#CCC1(CS(=O)(=O)c2ccc(Cl)cc2)CC1. The predicted molar refractivity (Wildman–Crippen MR) is 65.4 cm³/mol. The van der Waals surface area contributed by atoms with Gasteiger partial charge in [-0.05, 0) is 42.5 Å². The van der Waals surface area contributed by atoms with Crippen molar-refractivity contribution in [1.29, 1.82) is 5.26 Å². The van der Waals surface area contributed by atoms with Crippen LogP contribution in [0.5, 0.6) is 0 Å². The molecule has 0 unspecified atom stereocenters. The van der Waals surface area contributed by atoms with E-state index in [1.54, 1.807) is 12.1 Å². The third-order valence-corrected chi connectivity index (χ3v) is 5.31. The summed E-state index contributed by atoms with van der Waals surface area (Å²) in [6.45, 7) is 0. The Hall–Kier alpha value is -1.05. The molecular weight excluding hydrogens is 258 g/mol. The molecule has 0 atom stereocenters. The van der Waals surface area contributed by atoms with Crippen LogP contribution in [-0.4, -0.2) is 14.2 Å². The summed E-state index contributed by atoms with van der Waals surface area (Å²) in [5, 5.41) is 9.20. The van der Waals surface area contributed by atoms with Crippen LogP contribution in [0.3, 0.4) is 0 Å². The molecular formula is C12H12ClNO2S. The molecule has 0 bridgehead atoms. The summed E-state index contributed by atoms with van der Waals surface area (Å²) in [4.78, 5) is 0.283. The lowest BCUT2D eigenvalue weighted by atomic mass is 10.1. The zero-order valence-corrected chi connectivity index (χ0v) is 10.8. The Balaban J connectivity index is 2.20. The number of hydrogen-bond donors (Lipinski definition) is 0. The fourth-order valence-corrected chi connectivity index (χ4v) is 3.89. The second-order valence-electron chi connectivity index (χ2n) is 4.55. The molecule has 1 aliphatic carbocycles. The number of rotatable bonds is 4. The van der Waals surface area contributed by atoms with E-state index in [0.717, 1.165) is 12.8 Å². The zero-order valence-electron chi connectivity index (χ0n) is 9.19. The van der Waals surface area contributed by atoms with Crippen LogP contribution in [0, 0.1) is 16.7 Å². The van der Waals surface area contributed by atoms with Gasteiger partial charge in [0.2, 0.25) is 0 Å². The number of halogens is 1. The fraction of sp³-hybridized carbons (Fsp3) is 0.417. The molecule has 2 rings (SSSR count). The fourth-order valence-electron chi connectivity index (χ4n) is 1.84. The lowest BCUT2D eigenvalue weighted by Crippen LogP contribution is -2.17. The van der Waals surface area contributed by atoms with Crippen LogP contribution < -0.4 is 0 Å². The molecule has 1 aromatic carbocycles. The molecule has 0 radical (unpaired) electrons. The highest BCUT2D eigenvalue weighted by Crippen LogP contribution is 2.50. The van der Waals surface area contributed by atoms with Crippen LogP contribution in [0.2, 0.25) is 5.02 Å². The lowest BCUT2D eigenvalue weighted by Gasteiger charge is -2.11. The van der Waals surface area contributed by atoms with E-state index in [9.17, 15) is 8.42 Å². The van der Waals surface area contributed by atoms with Gasteiger partial charge < -0.3 is 0 Å². The smallest absolute Gasteiger partial charge is 0.178 e. The van der Waals surface area contributed by atoms with Crippen molar-refractivity contribution in [3.63, 3.8) is 0 Å². The first-order chi connectivity index (χ1) is 7.97. The summed E-state index contributed by atoms with van der Waals surface area (Å²) in [6, 6.07) is 8.23. The van der Waals surface area contributed by atoms with E-state index in [1.807, 2.05) is 0 Å². The Morgan fingerprint density at radius 3 is 2.35 bits per heavy atom. The van der Waals surface area contributed by atoms with Gasteiger partial charge in [0.1, 0.15) is 0 Å². The molecule has 0 saturated heterocycles. The molecule has 0 spiro atoms. The van der Waals surface area contributed by atoms with Gasteiger partial charge in [0.25, 0.3) is 0 Å². The highest BCUT2D eigenvalue weighted by Gasteiger charge is 2.46. The average Bonchev–Trinajstić information content (AvgIpc) is 2.98. The molecule has 1 aromatic rings. The molecule has 0 N–H and O–H groups in total. The summed E-state index contributed by atoms with van der Waals surface area (Å²) in [7, 11) is -3.30. The Morgan fingerprint density at radius 1 is 1.29 bits per heavy atom. The van der Waals surface area contributed by atoms with Crippen molar-refractivity contribution in [2.24, 2.45) is 5.41 Å². The topological polar surface area (TPSA) is 57.9 Å². The summed E-state index contributed by atoms with van der Waals surface area (Å²) in [6.07, 6.45) is 1.97. The first-order valence-corrected chi connectivity index (χ1v) is 7.36. The van der Waals surface area contributed by atoms with Gasteiger partial charge in [-0.25, -0.2) is 8.42 Å². The highest BCUT2D eigenvalue weighted by atomic mass is 35.5. The number of benzene rings is 1. The summed E-state index contributed by atoms with van der Waals surface area (Å²) >= 11 is 5.72. The molecule has 0 amide bonds. The highest BCUT2D eigenvalue weighted by molar-refractivity contribution is 7.91. The predicted octanol–water partition coefficient (Wildman–Crippen LogP) is 2.81. The molecule has 1 saturated carbocycles. The average molecular weight is 270 g/mol. The maximum absolute atomic E-state index is 12.1. The molecule has 5 heteroatoms. The van der Waals surface area contributed by atoms with Gasteiger partial charge >= 0.3 is 0 Å². The summed E-state index contributed by atoms with van der Waals surface area (Å²) < 4.78 is 24.2. The largest absolute Gasteiger partial charge is 0.224 e. The summed E-state index contributed by atoms with van der Waals surface area (Å²) in [5.41, 5.74) is -0.298. The van der Waals surface area contributed by atoms with Gasteiger partial charge in [-0.2, -0.15) is 5.26 Å². The van der Waals surface area contributed by atoms with Gasteiger partial charge in [0, 0.05) is 11.4 Å². The monoisotopic (exact) mass is 269 g/mol. The summed E-state index contributed by atoms with van der Waals surface area (Å²) in [5.74, 6) is 0.0647. The van der Waals surface area contributed by atoms with Crippen LogP contribution >= 0.6 is 11.6 Å². The van der Waals surface area contributed by atoms with Crippen LogP contribution in [0.15, 0.2) is 29.2 Å². The van der Waals surface area contributed by atoms with Crippen molar-refractivity contribution in [2.75, 3.05) is 5.75 Å². The van der Waals surface area contributed by atoms with E-state index in [1.165, 1.54) is 12.1 Å². The van der Waals surface area contributed by atoms with Gasteiger partial charge in [-0.3, -0.25) is 0 Å². The van der Waals surface area contributed by atoms with Crippen molar-refractivity contribution in [3.8, 4) is 6.07 Å². The Kier molecular flexibility index (Phi) is 3.15. The third-order valence-electron chi connectivity index (χ3n) is 3.08. The quantitative estimate of drug-likeness (QED) is 0.844. The number of hydrogen-bond acceptors (Lipinski definition) is 3. The first kappa shape index (κ1) is 12.4. The van der Waals surface area contributed by atoms with Gasteiger partial charge in [0.15, 0.2) is 9.84 Å². The standard InChI is InChI=1S/C12H12ClNO2S/c13-10-1-3-11(4-2-10)17(15,16)9-12(5-6-12)7-8-14/h1-4H,5-7,9H2. The number of sulfone groups is 1. The van der Waals surface area contributed by atoms with Crippen molar-refractivity contribution >= 4 is 21.4 Å². The molecule has 1 fully saturated rings. The maximum Gasteiger partial charge on any atom is 0.178 e. The first-order valence-electron chi connectivity index (χ1n) is 5.33. The molecule has 3 nitrogen and oxygen atoms in total. The van der Waals surface area contributed by atoms with Crippen molar-refractivity contribution in [3.05, 3.63) is 29.3 Å². The van der Waals surface area contributed by atoms with E-state index in [-0.39, 0.29) is 16.1 Å². The zero-order chi connectivity index (χ0) is 12.5. The van der Waals surface area contributed by atoms with E-state index >= 15 is 0 Å². The Bertz CT molecular complexity index is 553. The lowest BCUT2D eigenvalue weighted by molar-refractivity contribution is 0.548. The second kappa shape index (κ2) is 4.32. The van der Waals surface area contributed by atoms with E-state index in [2.05, 4.69) is 6.07 Å². The van der Waals surface area contributed by atoms with Crippen LogP contribution in [0.1, 0.15) is 19.3 Å². The van der Waals surface area contributed by atoms with Crippen LogP contribution in [-0.2, 0) is 9.84 Å². The van der Waals surface area contributed by atoms with Gasteiger partial charge in [0.05, 0.1) is 16.7 Å². The van der Waals surface area contributed by atoms with E-state index < -0.39 is 9.84 Å².